The van der Waals surface area contributed by atoms with E-state index in [9.17, 15) is 27.2 Å². The van der Waals surface area contributed by atoms with E-state index in [2.05, 4.69) is 0 Å². The molecule has 0 atom stereocenters. The van der Waals surface area contributed by atoms with Crippen molar-refractivity contribution in [2.45, 2.75) is 20.8 Å². The molecule has 0 aliphatic heterocycles. The molecule has 1 aromatic carbocycles. The Balaban J connectivity index is 0. The van der Waals surface area contributed by atoms with Crippen molar-refractivity contribution in [3.8, 4) is 0 Å². The number of hydrogen-bond acceptors (Lipinski definition) is 3. The molecule has 3 nitrogen and oxygen atoms in total. The van der Waals surface area contributed by atoms with E-state index in [0.717, 1.165) is 14.0 Å². The monoisotopic (exact) mass is 282 g/mol. The van der Waals surface area contributed by atoms with Crippen LogP contribution in [0, 0.1) is 23.3 Å². The summed E-state index contributed by atoms with van der Waals surface area (Å²) in [5.41, 5.74) is -2.55. The van der Waals surface area contributed by atoms with Gasteiger partial charge in [-0.2, -0.15) is 0 Å². The van der Waals surface area contributed by atoms with Crippen LogP contribution in [0.5, 0.6) is 0 Å². The Labute approximate surface area is 107 Å². The molecule has 0 aliphatic rings. The maximum absolute atomic E-state index is 13.1. The van der Waals surface area contributed by atoms with Crippen LogP contribution in [-0.4, -0.2) is 24.3 Å². The first-order valence-corrected chi connectivity index (χ1v) is 5.18. The molecule has 0 amide bonds. The van der Waals surface area contributed by atoms with E-state index in [-0.39, 0.29) is 6.29 Å². The van der Waals surface area contributed by atoms with Crippen molar-refractivity contribution in [3.63, 3.8) is 0 Å². The number of carbonyl (C=O) groups is 2. The molecule has 0 spiro atoms. The second kappa shape index (κ2) is 9.21. The molecular weight excluding hydrogens is 268 g/mol. The van der Waals surface area contributed by atoms with Crippen molar-refractivity contribution >= 4 is 12.1 Å². The highest BCUT2D eigenvalue weighted by atomic mass is 19.2. The van der Waals surface area contributed by atoms with E-state index in [1.165, 1.54) is 0 Å². The van der Waals surface area contributed by atoms with Gasteiger partial charge >= 0.3 is 0 Å². The van der Waals surface area contributed by atoms with Gasteiger partial charge in [0.15, 0.2) is 35.3 Å². The third-order valence-corrected chi connectivity index (χ3v) is 1.77. The average Bonchev–Trinajstić information content (AvgIpc) is 2.41. The maximum atomic E-state index is 13.1. The van der Waals surface area contributed by atoms with E-state index in [1.54, 1.807) is 0 Å². The highest BCUT2D eigenvalue weighted by molar-refractivity contribution is 5.96. The van der Waals surface area contributed by atoms with Crippen LogP contribution in [0.1, 0.15) is 41.5 Å². The number of ketones is 1. The van der Waals surface area contributed by atoms with E-state index in [4.69, 9.17) is 5.11 Å². The Morgan fingerprint density at radius 1 is 0.947 bits per heavy atom. The topological polar surface area (TPSA) is 54.4 Å². The number of aliphatic hydroxyl groups is 1. The number of aliphatic hydroxyl groups excluding tert-OH is 1. The van der Waals surface area contributed by atoms with Crippen LogP contribution in [0.2, 0.25) is 0 Å². The van der Waals surface area contributed by atoms with Crippen molar-refractivity contribution in [2.24, 2.45) is 0 Å². The van der Waals surface area contributed by atoms with Crippen LogP contribution in [0.3, 0.4) is 0 Å². The van der Waals surface area contributed by atoms with Gasteiger partial charge in [0.1, 0.15) is 0 Å². The number of benzene rings is 1. The number of rotatable bonds is 2. The van der Waals surface area contributed by atoms with E-state index in [0.29, 0.717) is 0 Å². The molecule has 0 unspecified atom stereocenters. The van der Waals surface area contributed by atoms with Crippen molar-refractivity contribution in [2.75, 3.05) is 7.11 Å². The molecular formula is C12H14F4O3. The van der Waals surface area contributed by atoms with Gasteiger partial charge in [0.05, 0.1) is 11.1 Å². The van der Waals surface area contributed by atoms with Gasteiger partial charge in [-0.1, -0.05) is 13.8 Å². The predicted molar refractivity (Wildman–Crippen MR) is 61.2 cm³/mol. The lowest BCUT2D eigenvalue weighted by Crippen LogP contribution is -2.11. The van der Waals surface area contributed by atoms with Gasteiger partial charge in [0.25, 0.3) is 0 Å². The first-order valence-electron chi connectivity index (χ1n) is 5.18. The van der Waals surface area contributed by atoms with Gasteiger partial charge in [-0.15, -0.1) is 0 Å². The summed E-state index contributed by atoms with van der Waals surface area (Å²) in [6.07, 6.45) is -0.320. The van der Waals surface area contributed by atoms with Crippen molar-refractivity contribution in [3.05, 3.63) is 34.4 Å². The second-order valence-electron chi connectivity index (χ2n) is 2.72. The lowest BCUT2D eigenvalue weighted by atomic mass is 10.1. The fourth-order valence-corrected chi connectivity index (χ4v) is 1.06. The number of hydrogen-bond donors (Lipinski definition) is 1. The number of carbonyl (C=O) groups excluding carboxylic acids is 2. The zero-order valence-corrected chi connectivity index (χ0v) is 10.9. The molecule has 1 rings (SSSR count). The first-order chi connectivity index (χ1) is 8.91. The van der Waals surface area contributed by atoms with Gasteiger partial charge in [0.2, 0.25) is 0 Å². The zero-order valence-electron chi connectivity index (χ0n) is 10.9. The Hall–Kier alpha value is -1.76. The zero-order chi connectivity index (χ0) is 15.7. The molecule has 0 aromatic heterocycles. The summed E-state index contributed by atoms with van der Waals surface area (Å²) >= 11 is 0. The minimum Gasteiger partial charge on any atom is -0.400 e. The minimum atomic E-state index is -2.04. The van der Waals surface area contributed by atoms with Gasteiger partial charge < -0.3 is 5.11 Å². The third-order valence-electron chi connectivity index (χ3n) is 1.77. The summed E-state index contributed by atoms with van der Waals surface area (Å²) in [4.78, 5) is 20.9. The van der Waals surface area contributed by atoms with Crippen LogP contribution in [0.25, 0.3) is 0 Å². The molecule has 0 aliphatic carbocycles. The van der Waals surface area contributed by atoms with E-state index >= 15 is 0 Å². The van der Waals surface area contributed by atoms with Gasteiger partial charge in [0, 0.05) is 7.11 Å². The van der Waals surface area contributed by atoms with E-state index < -0.39 is 40.2 Å². The number of aldehydes is 1. The maximum Gasteiger partial charge on any atom is 0.196 e. The Kier molecular flexibility index (Phi) is 9.49. The predicted octanol–water partition coefficient (Wildman–Crippen LogP) is 2.89. The molecule has 108 valence electrons. The highest BCUT2D eigenvalue weighted by Crippen LogP contribution is 2.23. The quantitative estimate of drug-likeness (QED) is 0.298. The lowest BCUT2D eigenvalue weighted by molar-refractivity contribution is 0.100. The van der Waals surface area contributed by atoms with Crippen molar-refractivity contribution in [1.82, 2.24) is 0 Å². The van der Waals surface area contributed by atoms with Gasteiger partial charge in [-0.3, -0.25) is 9.59 Å². The molecule has 1 N–H and O–H groups in total. The lowest BCUT2D eigenvalue weighted by Gasteiger charge is -2.05. The van der Waals surface area contributed by atoms with Crippen LogP contribution in [0.15, 0.2) is 0 Å². The van der Waals surface area contributed by atoms with Crippen LogP contribution < -0.4 is 0 Å². The molecule has 0 radical (unpaired) electrons. The summed E-state index contributed by atoms with van der Waals surface area (Å²) in [6.45, 7) is 4.77. The molecule has 0 bridgehead atoms. The normalized spacial score (nSPS) is 8.68. The van der Waals surface area contributed by atoms with Crippen molar-refractivity contribution in [1.29, 1.82) is 0 Å². The largest absolute Gasteiger partial charge is 0.400 e. The molecule has 0 fully saturated rings. The van der Waals surface area contributed by atoms with Crippen LogP contribution in [-0.2, 0) is 0 Å². The summed E-state index contributed by atoms with van der Waals surface area (Å²) in [5.74, 6) is -8.72. The highest BCUT2D eigenvalue weighted by Gasteiger charge is 2.26. The third kappa shape index (κ3) is 4.13. The SMILES string of the molecule is CC.CC(=O)c1c(F)c(F)c(F)c(C=O)c1F.CO. The first kappa shape index (κ1) is 19.6. The summed E-state index contributed by atoms with van der Waals surface area (Å²) in [7, 11) is 1.00. The smallest absolute Gasteiger partial charge is 0.196 e. The van der Waals surface area contributed by atoms with Crippen LogP contribution in [0.4, 0.5) is 17.6 Å². The molecule has 0 saturated carbocycles. The molecule has 0 heterocycles. The Morgan fingerprint density at radius 2 is 1.37 bits per heavy atom. The van der Waals surface area contributed by atoms with Crippen LogP contribution >= 0.6 is 0 Å². The summed E-state index contributed by atoms with van der Waals surface area (Å²) in [6, 6.07) is 0. The second-order valence-corrected chi connectivity index (χ2v) is 2.72. The number of halogens is 4. The standard InChI is InChI=1S/C9H4F4O2.C2H6.CH4O/c1-3(15)5-6(10)4(2-14)7(11)9(13)8(5)12;2*1-2/h2H,1H3;1-2H3;2H,1H3. The Morgan fingerprint density at radius 3 is 1.68 bits per heavy atom. The molecule has 19 heavy (non-hydrogen) atoms. The average molecular weight is 282 g/mol. The molecule has 7 heteroatoms. The number of Topliss-reactive ketones (excluding diaryl/α,β-unsaturated/α-hetero) is 1. The minimum absolute atomic E-state index is 0.320. The van der Waals surface area contributed by atoms with E-state index in [1.807, 2.05) is 13.8 Å². The molecule has 0 saturated heterocycles. The fraction of sp³-hybridized carbons (Fsp3) is 0.333. The molecule has 1 aromatic rings. The Bertz CT molecular complexity index is 459. The fourth-order valence-electron chi connectivity index (χ4n) is 1.06. The summed E-state index contributed by atoms with van der Waals surface area (Å²) < 4.78 is 51.5. The van der Waals surface area contributed by atoms with Gasteiger partial charge in [-0.25, -0.2) is 17.6 Å². The summed E-state index contributed by atoms with van der Waals surface area (Å²) in [5, 5.41) is 7.00. The van der Waals surface area contributed by atoms with Gasteiger partial charge in [-0.05, 0) is 6.92 Å². The van der Waals surface area contributed by atoms with Crippen molar-refractivity contribution < 1.29 is 32.3 Å².